The van der Waals surface area contributed by atoms with Crippen molar-refractivity contribution in [2.75, 3.05) is 19.7 Å². The highest BCUT2D eigenvalue weighted by molar-refractivity contribution is 9.10. The van der Waals surface area contributed by atoms with Crippen LogP contribution in [-0.2, 0) is 16.1 Å². The molecule has 20 heavy (non-hydrogen) atoms. The van der Waals surface area contributed by atoms with E-state index in [1.165, 1.54) is 0 Å². The lowest BCUT2D eigenvalue weighted by atomic mass is 10.2. The predicted octanol–water partition coefficient (Wildman–Crippen LogP) is 2.54. The first-order chi connectivity index (χ1) is 9.55. The molecule has 0 aromatic heterocycles. The molecule has 0 atom stereocenters. The number of carbonyl (C=O) groups is 2. The van der Waals surface area contributed by atoms with Crippen LogP contribution in [0.5, 0.6) is 0 Å². The molecule has 110 valence electrons. The van der Waals surface area contributed by atoms with Gasteiger partial charge in [0.1, 0.15) is 0 Å². The molecular weight excluding hydrogens is 324 g/mol. The average molecular weight is 343 g/mol. The molecule has 2 amide bonds. The summed E-state index contributed by atoms with van der Waals surface area (Å²) in [7, 11) is 0. The summed E-state index contributed by atoms with van der Waals surface area (Å²) in [5.41, 5.74) is 1.11. The van der Waals surface area contributed by atoms with Crippen LogP contribution in [0.15, 0.2) is 28.7 Å². The highest BCUT2D eigenvalue weighted by atomic mass is 79.9. The number of carbonyl (C=O) groups excluding carboxylic acids is 2. The van der Waals surface area contributed by atoms with Crippen molar-refractivity contribution >= 4 is 27.9 Å². The van der Waals surface area contributed by atoms with Gasteiger partial charge in [0.25, 0.3) is 0 Å². The van der Waals surface area contributed by atoms with Crippen LogP contribution in [0.25, 0.3) is 0 Å². The largest absolute Gasteiger partial charge is 0.450 e. The van der Waals surface area contributed by atoms with Crippen LogP contribution in [0.1, 0.15) is 19.4 Å². The van der Waals surface area contributed by atoms with Crippen molar-refractivity contribution in [3.05, 3.63) is 34.3 Å². The molecule has 1 aromatic carbocycles. The lowest BCUT2D eigenvalue weighted by Crippen LogP contribution is -2.40. The highest BCUT2D eigenvalue weighted by Crippen LogP contribution is 2.12. The Bertz CT molecular complexity index is 448. The van der Waals surface area contributed by atoms with E-state index in [4.69, 9.17) is 0 Å². The van der Waals surface area contributed by atoms with E-state index in [-0.39, 0.29) is 19.1 Å². The molecule has 5 nitrogen and oxygen atoms in total. The van der Waals surface area contributed by atoms with E-state index in [0.717, 1.165) is 10.0 Å². The second-order valence-corrected chi connectivity index (χ2v) is 5.11. The molecule has 0 radical (unpaired) electrons. The fraction of sp³-hybridized carbons (Fsp3) is 0.429. The summed E-state index contributed by atoms with van der Waals surface area (Å²) in [4.78, 5) is 24.8. The number of halogens is 1. The molecule has 6 heteroatoms. The number of hydrogen-bond donors (Lipinski definition) is 1. The topological polar surface area (TPSA) is 58.6 Å². The maximum Gasteiger partial charge on any atom is 0.413 e. The zero-order valence-corrected chi connectivity index (χ0v) is 13.3. The summed E-state index contributed by atoms with van der Waals surface area (Å²) in [5, 5.41) is 2.19. The summed E-state index contributed by atoms with van der Waals surface area (Å²) in [6, 6.07) is 7.91. The van der Waals surface area contributed by atoms with Crippen LogP contribution in [0, 0.1) is 0 Å². The molecule has 0 fully saturated rings. The van der Waals surface area contributed by atoms with Gasteiger partial charge in [-0.3, -0.25) is 15.0 Å². The van der Waals surface area contributed by atoms with Crippen molar-refractivity contribution in [3.8, 4) is 0 Å². The van der Waals surface area contributed by atoms with Gasteiger partial charge in [-0.25, -0.2) is 4.79 Å². The average Bonchev–Trinajstić information content (AvgIpc) is 2.40. The molecule has 0 aliphatic heterocycles. The third-order valence-corrected chi connectivity index (χ3v) is 3.18. The Morgan fingerprint density at radius 3 is 2.45 bits per heavy atom. The van der Waals surface area contributed by atoms with Gasteiger partial charge >= 0.3 is 6.09 Å². The van der Waals surface area contributed by atoms with E-state index < -0.39 is 6.09 Å². The van der Waals surface area contributed by atoms with Crippen LogP contribution >= 0.6 is 15.9 Å². The van der Waals surface area contributed by atoms with Gasteiger partial charge in [-0.15, -0.1) is 0 Å². The number of imide groups is 1. The number of nitrogens with zero attached hydrogens (tertiary/aromatic N) is 1. The van der Waals surface area contributed by atoms with E-state index in [2.05, 4.69) is 26.0 Å². The number of alkyl carbamates (subject to hydrolysis) is 1. The second-order valence-electron chi connectivity index (χ2n) is 4.20. The fourth-order valence-electron chi connectivity index (χ4n) is 1.65. The van der Waals surface area contributed by atoms with E-state index in [1.807, 2.05) is 36.1 Å². The summed E-state index contributed by atoms with van der Waals surface area (Å²) >= 11 is 3.38. The Hall–Kier alpha value is -1.40. The quantitative estimate of drug-likeness (QED) is 0.862. The minimum absolute atomic E-state index is 0.158. The molecule has 0 aliphatic carbocycles. The second kappa shape index (κ2) is 8.71. The van der Waals surface area contributed by atoms with Crippen LogP contribution in [0.4, 0.5) is 4.79 Å². The predicted molar refractivity (Wildman–Crippen MR) is 80.3 cm³/mol. The van der Waals surface area contributed by atoms with E-state index in [1.54, 1.807) is 6.92 Å². The van der Waals surface area contributed by atoms with Gasteiger partial charge in [-0.1, -0.05) is 35.0 Å². The van der Waals surface area contributed by atoms with Gasteiger partial charge in [0.05, 0.1) is 13.2 Å². The van der Waals surface area contributed by atoms with Crippen molar-refractivity contribution < 1.29 is 14.3 Å². The molecule has 0 spiro atoms. The maximum atomic E-state index is 11.7. The standard InChI is InChI=1S/C14H19BrN2O3/c1-3-17(9-11-5-7-12(15)8-6-11)10-13(18)16-14(19)20-4-2/h5-8H,3-4,9-10H2,1-2H3,(H,16,18,19). The minimum atomic E-state index is -0.697. The third kappa shape index (κ3) is 6.16. The SMILES string of the molecule is CCOC(=O)NC(=O)CN(CC)Cc1ccc(Br)cc1. The van der Waals surface area contributed by atoms with Crippen molar-refractivity contribution in [3.63, 3.8) is 0 Å². The number of likely N-dealkylation sites (N-methyl/N-ethyl adjacent to an activating group) is 1. The molecule has 1 aromatic rings. The van der Waals surface area contributed by atoms with Gasteiger partial charge < -0.3 is 4.74 Å². The van der Waals surface area contributed by atoms with E-state index in [0.29, 0.717) is 13.1 Å². The first-order valence-electron chi connectivity index (χ1n) is 6.48. The molecule has 0 bridgehead atoms. The fourth-order valence-corrected chi connectivity index (χ4v) is 1.92. The number of rotatable bonds is 6. The van der Waals surface area contributed by atoms with E-state index in [9.17, 15) is 9.59 Å². The third-order valence-electron chi connectivity index (χ3n) is 2.65. The normalized spacial score (nSPS) is 10.4. The minimum Gasteiger partial charge on any atom is -0.450 e. The zero-order chi connectivity index (χ0) is 15.0. The molecule has 0 heterocycles. The van der Waals surface area contributed by atoms with Gasteiger partial charge in [0, 0.05) is 11.0 Å². The lowest BCUT2D eigenvalue weighted by Gasteiger charge is -2.19. The van der Waals surface area contributed by atoms with Crippen LogP contribution in [0.2, 0.25) is 0 Å². The van der Waals surface area contributed by atoms with Gasteiger partial charge in [-0.2, -0.15) is 0 Å². The number of ether oxygens (including phenoxy) is 1. The van der Waals surface area contributed by atoms with Crippen molar-refractivity contribution in [2.24, 2.45) is 0 Å². The Morgan fingerprint density at radius 1 is 1.25 bits per heavy atom. The number of amides is 2. The van der Waals surface area contributed by atoms with Crippen LogP contribution in [0.3, 0.4) is 0 Å². The van der Waals surface area contributed by atoms with E-state index >= 15 is 0 Å². The van der Waals surface area contributed by atoms with Crippen molar-refractivity contribution in [1.29, 1.82) is 0 Å². The Balaban J connectivity index is 2.48. The number of hydrogen-bond acceptors (Lipinski definition) is 4. The summed E-state index contributed by atoms with van der Waals surface area (Å²) < 4.78 is 5.68. The van der Waals surface area contributed by atoms with Gasteiger partial charge in [-0.05, 0) is 31.2 Å². The molecule has 0 saturated heterocycles. The van der Waals surface area contributed by atoms with Gasteiger partial charge in [0.2, 0.25) is 5.91 Å². The zero-order valence-electron chi connectivity index (χ0n) is 11.7. The Morgan fingerprint density at radius 2 is 1.90 bits per heavy atom. The summed E-state index contributed by atoms with van der Waals surface area (Å²) in [5.74, 6) is -0.359. The van der Waals surface area contributed by atoms with Crippen molar-refractivity contribution in [2.45, 2.75) is 20.4 Å². The summed E-state index contributed by atoms with van der Waals surface area (Å²) in [6.45, 7) is 5.43. The monoisotopic (exact) mass is 342 g/mol. The summed E-state index contributed by atoms with van der Waals surface area (Å²) in [6.07, 6.45) is -0.697. The maximum absolute atomic E-state index is 11.7. The van der Waals surface area contributed by atoms with Crippen molar-refractivity contribution in [1.82, 2.24) is 10.2 Å². The molecular formula is C14H19BrN2O3. The number of benzene rings is 1. The Kier molecular flexibility index (Phi) is 7.25. The lowest BCUT2D eigenvalue weighted by molar-refractivity contribution is -0.121. The number of nitrogens with one attached hydrogen (secondary N) is 1. The first kappa shape index (κ1) is 16.7. The van der Waals surface area contributed by atoms with Crippen LogP contribution < -0.4 is 5.32 Å². The molecule has 0 aliphatic rings. The van der Waals surface area contributed by atoms with Crippen LogP contribution in [-0.4, -0.2) is 36.6 Å². The molecule has 0 saturated carbocycles. The first-order valence-corrected chi connectivity index (χ1v) is 7.27. The Labute approximate surface area is 127 Å². The smallest absolute Gasteiger partial charge is 0.413 e. The molecule has 1 N–H and O–H groups in total. The molecule has 0 unspecified atom stereocenters. The molecule has 1 rings (SSSR count). The van der Waals surface area contributed by atoms with Gasteiger partial charge in [0.15, 0.2) is 0 Å². The highest BCUT2D eigenvalue weighted by Gasteiger charge is 2.12.